The van der Waals surface area contributed by atoms with Gasteiger partial charge in [-0.25, -0.2) is 4.98 Å². The van der Waals surface area contributed by atoms with Crippen molar-refractivity contribution in [1.29, 1.82) is 0 Å². The Morgan fingerprint density at radius 1 is 1.20 bits per heavy atom. The van der Waals surface area contributed by atoms with E-state index in [1.165, 1.54) is 17.5 Å². The number of hydrogen-bond acceptors (Lipinski definition) is 4. The summed E-state index contributed by atoms with van der Waals surface area (Å²) in [7, 11) is 0. The van der Waals surface area contributed by atoms with Gasteiger partial charge in [-0.15, -0.1) is 11.3 Å². The van der Waals surface area contributed by atoms with Gasteiger partial charge in [-0.2, -0.15) is 0 Å². The van der Waals surface area contributed by atoms with Crippen LogP contribution in [-0.4, -0.2) is 33.3 Å². The number of rotatable bonds is 2. The van der Waals surface area contributed by atoms with Crippen LogP contribution in [0.4, 0.5) is 0 Å². The molecular weight excluding hydrogens is 334 g/mol. The van der Waals surface area contributed by atoms with Crippen LogP contribution < -0.4 is 5.56 Å². The SMILES string of the molecule is CC1CCN(C(=O)c2cnc3scc(-c4ccccc4)n3c2=O)CC1. The first-order valence-corrected chi connectivity index (χ1v) is 9.37. The van der Waals surface area contributed by atoms with Gasteiger partial charge in [0.1, 0.15) is 5.56 Å². The third-order valence-corrected chi connectivity index (χ3v) is 5.66. The molecule has 0 spiro atoms. The lowest BCUT2D eigenvalue weighted by Gasteiger charge is -2.30. The van der Waals surface area contributed by atoms with Crippen LogP contribution >= 0.6 is 11.3 Å². The molecule has 0 N–H and O–H groups in total. The number of carbonyl (C=O) groups is 1. The predicted octanol–water partition coefficient (Wildman–Crippen LogP) is 3.30. The zero-order valence-corrected chi connectivity index (χ0v) is 14.8. The monoisotopic (exact) mass is 353 g/mol. The highest BCUT2D eigenvalue weighted by molar-refractivity contribution is 7.15. The summed E-state index contributed by atoms with van der Waals surface area (Å²) in [6.07, 6.45) is 3.40. The smallest absolute Gasteiger partial charge is 0.271 e. The van der Waals surface area contributed by atoms with Crippen molar-refractivity contribution in [1.82, 2.24) is 14.3 Å². The van der Waals surface area contributed by atoms with E-state index in [4.69, 9.17) is 0 Å². The molecule has 0 bridgehead atoms. The van der Waals surface area contributed by atoms with E-state index < -0.39 is 0 Å². The first kappa shape index (κ1) is 16.0. The number of aromatic nitrogens is 2. The molecule has 0 saturated carbocycles. The minimum absolute atomic E-state index is 0.155. The molecule has 128 valence electrons. The third kappa shape index (κ3) is 2.87. The molecule has 1 aliphatic rings. The Bertz CT molecular complexity index is 969. The lowest BCUT2D eigenvalue weighted by Crippen LogP contribution is -2.40. The summed E-state index contributed by atoms with van der Waals surface area (Å²) in [5.74, 6) is 0.427. The molecule has 1 fully saturated rings. The van der Waals surface area contributed by atoms with E-state index in [2.05, 4.69) is 11.9 Å². The molecular formula is C19H19N3O2S. The second kappa shape index (κ2) is 6.44. The highest BCUT2D eigenvalue weighted by atomic mass is 32.1. The molecule has 6 heteroatoms. The molecule has 4 rings (SSSR count). The summed E-state index contributed by atoms with van der Waals surface area (Å²) in [6.45, 7) is 3.61. The van der Waals surface area contributed by atoms with Crippen molar-refractivity contribution < 1.29 is 4.79 Å². The average Bonchev–Trinajstić information content (AvgIpc) is 3.08. The maximum absolute atomic E-state index is 13.0. The van der Waals surface area contributed by atoms with Crippen molar-refractivity contribution in [3.63, 3.8) is 0 Å². The van der Waals surface area contributed by atoms with Crippen molar-refractivity contribution in [3.8, 4) is 11.3 Å². The van der Waals surface area contributed by atoms with Gasteiger partial charge >= 0.3 is 0 Å². The van der Waals surface area contributed by atoms with Gasteiger partial charge in [-0.1, -0.05) is 37.3 Å². The number of piperidine rings is 1. The largest absolute Gasteiger partial charge is 0.338 e. The summed E-state index contributed by atoms with van der Waals surface area (Å²) < 4.78 is 1.56. The summed E-state index contributed by atoms with van der Waals surface area (Å²) in [4.78, 5) is 32.6. The van der Waals surface area contributed by atoms with E-state index in [0.717, 1.165) is 24.1 Å². The number of thiazole rings is 1. The predicted molar refractivity (Wildman–Crippen MR) is 99.1 cm³/mol. The van der Waals surface area contributed by atoms with Crippen molar-refractivity contribution in [2.45, 2.75) is 19.8 Å². The number of benzene rings is 1. The number of likely N-dealkylation sites (tertiary alicyclic amines) is 1. The lowest BCUT2D eigenvalue weighted by atomic mass is 9.99. The van der Waals surface area contributed by atoms with Gasteiger partial charge in [0.15, 0.2) is 4.96 Å². The van der Waals surface area contributed by atoms with Crippen LogP contribution in [0.2, 0.25) is 0 Å². The van der Waals surface area contributed by atoms with Crippen molar-refractivity contribution in [2.75, 3.05) is 13.1 Å². The Balaban J connectivity index is 1.77. The maximum atomic E-state index is 13.0. The Kier molecular flexibility index (Phi) is 4.13. The number of nitrogens with zero attached hydrogens (tertiary/aromatic N) is 3. The highest BCUT2D eigenvalue weighted by Crippen LogP contribution is 2.24. The van der Waals surface area contributed by atoms with Gasteiger partial charge < -0.3 is 4.90 Å². The average molecular weight is 353 g/mol. The van der Waals surface area contributed by atoms with Crippen LogP contribution in [0.3, 0.4) is 0 Å². The van der Waals surface area contributed by atoms with E-state index in [9.17, 15) is 9.59 Å². The zero-order chi connectivity index (χ0) is 17.4. The van der Waals surface area contributed by atoms with Crippen LogP contribution in [0.15, 0.2) is 46.7 Å². The molecule has 3 heterocycles. The van der Waals surface area contributed by atoms with Gasteiger partial charge in [-0.3, -0.25) is 14.0 Å². The lowest BCUT2D eigenvalue weighted by molar-refractivity contribution is 0.0695. The van der Waals surface area contributed by atoms with Gasteiger partial charge in [0, 0.05) is 24.7 Å². The standard InChI is InChI=1S/C19H19N3O2S/c1-13-7-9-21(10-8-13)17(23)15-11-20-19-22(18(15)24)16(12-25-19)14-5-3-2-4-6-14/h2-6,11-13H,7-10H2,1H3. The normalized spacial score (nSPS) is 15.6. The molecule has 0 unspecified atom stereocenters. The summed E-state index contributed by atoms with van der Waals surface area (Å²) in [5, 5.41) is 1.91. The molecule has 0 aliphatic carbocycles. The van der Waals surface area contributed by atoms with Gasteiger partial charge in [0.2, 0.25) is 0 Å². The van der Waals surface area contributed by atoms with Crippen molar-refractivity contribution in [3.05, 3.63) is 57.8 Å². The van der Waals surface area contributed by atoms with Crippen LogP contribution in [-0.2, 0) is 0 Å². The third-order valence-electron chi connectivity index (χ3n) is 4.82. The summed E-state index contributed by atoms with van der Waals surface area (Å²) in [6, 6.07) is 9.71. The van der Waals surface area contributed by atoms with Gasteiger partial charge in [0.25, 0.3) is 11.5 Å². The summed E-state index contributed by atoms with van der Waals surface area (Å²) >= 11 is 1.41. The Hall–Kier alpha value is -2.47. The van der Waals surface area contributed by atoms with Crippen LogP contribution in [0, 0.1) is 5.92 Å². The van der Waals surface area contributed by atoms with Crippen LogP contribution in [0.1, 0.15) is 30.1 Å². The van der Waals surface area contributed by atoms with E-state index in [1.54, 1.807) is 9.30 Å². The molecule has 2 aromatic heterocycles. The zero-order valence-electron chi connectivity index (χ0n) is 14.0. The van der Waals surface area contributed by atoms with Crippen LogP contribution in [0.5, 0.6) is 0 Å². The molecule has 5 nitrogen and oxygen atoms in total. The second-order valence-electron chi connectivity index (χ2n) is 6.56. The summed E-state index contributed by atoms with van der Waals surface area (Å²) in [5.41, 5.74) is 1.59. The maximum Gasteiger partial charge on any atom is 0.271 e. The molecule has 1 amide bonds. The molecule has 1 saturated heterocycles. The Morgan fingerprint density at radius 3 is 2.64 bits per heavy atom. The fourth-order valence-corrected chi connectivity index (χ4v) is 4.09. The molecule has 1 aromatic carbocycles. The molecule has 0 atom stereocenters. The van der Waals surface area contributed by atoms with E-state index >= 15 is 0 Å². The number of amides is 1. The second-order valence-corrected chi connectivity index (χ2v) is 7.39. The fourth-order valence-electron chi connectivity index (χ4n) is 3.23. The quantitative estimate of drug-likeness (QED) is 0.710. The van der Waals surface area contributed by atoms with Crippen molar-refractivity contribution >= 4 is 22.2 Å². The minimum Gasteiger partial charge on any atom is -0.338 e. The van der Waals surface area contributed by atoms with Crippen LogP contribution in [0.25, 0.3) is 16.2 Å². The molecule has 0 radical (unpaired) electrons. The number of fused-ring (bicyclic) bond motifs is 1. The topological polar surface area (TPSA) is 54.7 Å². The fraction of sp³-hybridized carbons (Fsp3) is 0.316. The first-order chi connectivity index (χ1) is 12.1. The van der Waals surface area contributed by atoms with Gasteiger partial charge in [-0.05, 0) is 24.3 Å². The number of hydrogen-bond donors (Lipinski definition) is 0. The Labute approximate surface area is 149 Å². The minimum atomic E-state index is -0.284. The van der Waals surface area contributed by atoms with E-state index in [-0.39, 0.29) is 17.0 Å². The Morgan fingerprint density at radius 2 is 1.92 bits per heavy atom. The van der Waals surface area contributed by atoms with E-state index in [0.29, 0.717) is 24.0 Å². The van der Waals surface area contributed by atoms with Gasteiger partial charge in [0.05, 0.1) is 5.69 Å². The van der Waals surface area contributed by atoms with E-state index in [1.807, 2.05) is 35.7 Å². The first-order valence-electron chi connectivity index (χ1n) is 8.49. The van der Waals surface area contributed by atoms with Crippen molar-refractivity contribution in [2.24, 2.45) is 5.92 Å². The molecule has 3 aromatic rings. The molecule has 1 aliphatic heterocycles. The molecule has 25 heavy (non-hydrogen) atoms. The number of carbonyl (C=O) groups excluding carboxylic acids is 1. The highest BCUT2D eigenvalue weighted by Gasteiger charge is 2.25.